The Kier molecular flexibility index (Phi) is 6.12. The van der Waals surface area contributed by atoms with E-state index >= 15 is 0 Å². The fourth-order valence-corrected chi connectivity index (χ4v) is 3.90. The molecule has 1 atom stereocenters. The second kappa shape index (κ2) is 7.64. The van der Waals surface area contributed by atoms with E-state index in [-0.39, 0.29) is 0 Å². The van der Waals surface area contributed by atoms with Crippen LogP contribution in [0.4, 0.5) is 0 Å². The molecule has 1 unspecified atom stereocenters. The van der Waals surface area contributed by atoms with Crippen LogP contribution in [0.25, 0.3) is 0 Å². The fourth-order valence-electron chi connectivity index (χ4n) is 3.35. The van der Waals surface area contributed by atoms with Gasteiger partial charge in [-0.2, -0.15) is 0 Å². The third-order valence-corrected chi connectivity index (χ3v) is 4.73. The number of fused-ring (bicyclic) bond motifs is 1. The molecule has 0 amide bonds. The summed E-state index contributed by atoms with van der Waals surface area (Å²) in [5.41, 5.74) is 3.02. The Morgan fingerprint density at radius 2 is 2.10 bits per heavy atom. The number of ether oxygens (including phenoxy) is 1. The van der Waals surface area contributed by atoms with Crippen LogP contribution in [0.3, 0.4) is 0 Å². The van der Waals surface area contributed by atoms with Gasteiger partial charge in [-0.25, -0.2) is 0 Å². The lowest BCUT2D eigenvalue weighted by Crippen LogP contribution is -2.34. The molecule has 0 fully saturated rings. The van der Waals surface area contributed by atoms with Crippen molar-refractivity contribution in [2.75, 3.05) is 19.7 Å². The minimum atomic E-state index is 0.296. The second-order valence-corrected chi connectivity index (χ2v) is 7.48. The largest absolute Gasteiger partial charge is 0.493 e. The van der Waals surface area contributed by atoms with Crippen LogP contribution < -0.4 is 10.1 Å². The maximum Gasteiger partial charge on any atom is 0.125 e. The van der Waals surface area contributed by atoms with Crippen LogP contribution in [0.2, 0.25) is 0 Å². The zero-order valence-corrected chi connectivity index (χ0v) is 15.2. The molecule has 1 heterocycles. The average Bonchev–Trinajstić information content (AvgIpc) is 2.87. The van der Waals surface area contributed by atoms with Gasteiger partial charge in [0, 0.05) is 17.4 Å². The summed E-state index contributed by atoms with van der Waals surface area (Å²) in [6.07, 6.45) is 5.78. The summed E-state index contributed by atoms with van der Waals surface area (Å²) < 4.78 is 7.08. The SMILES string of the molecule is CCCNCC(C)(CCC)Cc1cc(Br)cc2c1OCC2. The number of hydrogen-bond donors (Lipinski definition) is 1. The van der Waals surface area contributed by atoms with Crippen molar-refractivity contribution in [2.45, 2.75) is 52.9 Å². The Morgan fingerprint density at radius 1 is 1.29 bits per heavy atom. The lowest BCUT2D eigenvalue weighted by atomic mass is 9.79. The van der Waals surface area contributed by atoms with Crippen molar-refractivity contribution in [3.8, 4) is 5.75 Å². The predicted molar refractivity (Wildman–Crippen MR) is 93.2 cm³/mol. The van der Waals surface area contributed by atoms with Gasteiger partial charge in [0.25, 0.3) is 0 Å². The first-order valence-electron chi connectivity index (χ1n) is 8.23. The smallest absolute Gasteiger partial charge is 0.125 e. The van der Waals surface area contributed by atoms with Crippen LogP contribution in [0.15, 0.2) is 16.6 Å². The Balaban J connectivity index is 2.16. The summed E-state index contributed by atoms with van der Waals surface area (Å²) in [7, 11) is 0. The highest BCUT2D eigenvalue weighted by atomic mass is 79.9. The van der Waals surface area contributed by atoms with Gasteiger partial charge in [-0.3, -0.25) is 0 Å². The van der Waals surface area contributed by atoms with E-state index in [1.54, 1.807) is 0 Å². The van der Waals surface area contributed by atoms with Crippen molar-refractivity contribution in [1.29, 1.82) is 0 Å². The molecule has 1 N–H and O–H groups in total. The molecule has 1 aliphatic rings. The number of rotatable bonds is 8. The molecule has 1 aromatic carbocycles. The first kappa shape index (κ1) is 16.8. The minimum Gasteiger partial charge on any atom is -0.493 e. The summed E-state index contributed by atoms with van der Waals surface area (Å²) in [4.78, 5) is 0. The van der Waals surface area contributed by atoms with Crippen LogP contribution >= 0.6 is 15.9 Å². The Hall–Kier alpha value is -0.540. The third-order valence-electron chi connectivity index (χ3n) is 4.27. The molecule has 0 radical (unpaired) electrons. The molecule has 0 bridgehead atoms. The van der Waals surface area contributed by atoms with Crippen LogP contribution in [0.5, 0.6) is 5.75 Å². The number of hydrogen-bond acceptors (Lipinski definition) is 2. The number of halogens is 1. The third kappa shape index (κ3) is 4.46. The van der Waals surface area contributed by atoms with Gasteiger partial charge in [-0.1, -0.05) is 43.1 Å². The lowest BCUT2D eigenvalue weighted by molar-refractivity contribution is 0.270. The predicted octanol–water partition coefficient (Wildman–Crippen LogP) is 4.73. The molecule has 1 aromatic rings. The molecule has 0 saturated carbocycles. The summed E-state index contributed by atoms with van der Waals surface area (Å²) in [6, 6.07) is 4.45. The van der Waals surface area contributed by atoms with E-state index in [9.17, 15) is 0 Å². The van der Waals surface area contributed by atoms with Crippen LogP contribution in [-0.4, -0.2) is 19.7 Å². The van der Waals surface area contributed by atoms with Gasteiger partial charge in [-0.05, 0) is 54.5 Å². The molecule has 21 heavy (non-hydrogen) atoms. The topological polar surface area (TPSA) is 21.3 Å². The highest BCUT2D eigenvalue weighted by Gasteiger charge is 2.27. The summed E-state index contributed by atoms with van der Waals surface area (Å²) in [5.74, 6) is 1.15. The van der Waals surface area contributed by atoms with E-state index in [4.69, 9.17) is 4.74 Å². The second-order valence-electron chi connectivity index (χ2n) is 6.57. The molecule has 0 spiro atoms. The van der Waals surface area contributed by atoms with Gasteiger partial charge in [0.1, 0.15) is 5.75 Å². The van der Waals surface area contributed by atoms with Crippen LogP contribution in [0.1, 0.15) is 51.2 Å². The van der Waals surface area contributed by atoms with E-state index < -0.39 is 0 Å². The average molecular weight is 354 g/mol. The molecule has 0 saturated heterocycles. The molecule has 1 aliphatic heterocycles. The van der Waals surface area contributed by atoms with E-state index in [0.29, 0.717) is 5.41 Å². The van der Waals surface area contributed by atoms with E-state index in [0.717, 1.165) is 38.3 Å². The van der Waals surface area contributed by atoms with E-state index in [1.807, 2.05) is 0 Å². The van der Waals surface area contributed by atoms with Crippen molar-refractivity contribution in [3.63, 3.8) is 0 Å². The molecule has 118 valence electrons. The van der Waals surface area contributed by atoms with Crippen molar-refractivity contribution in [3.05, 3.63) is 27.7 Å². The van der Waals surface area contributed by atoms with Gasteiger partial charge in [0.05, 0.1) is 6.61 Å². The highest BCUT2D eigenvalue weighted by molar-refractivity contribution is 9.10. The minimum absolute atomic E-state index is 0.296. The Morgan fingerprint density at radius 3 is 2.81 bits per heavy atom. The quantitative estimate of drug-likeness (QED) is 0.682. The Bertz CT molecular complexity index is 475. The maximum atomic E-state index is 5.89. The number of nitrogens with one attached hydrogen (secondary N) is 1. The zero-order valence-electron chi connectivity index (χ0n) is 13.6. The van der Waals surface area contributed by atoms with Gasteiger partial charge in [0.15, 0.2) is 0 Å². The molecule has 2 nitrogen and oxygen atoms in total. The molecule has 0 aromatic heterocycles. The van der Waals surface area contributed by atoms with Crippen molar-refractivity contribution >= 4 is 15.9 Å². The summed E-state index contributed by atoms with van der Waals surface area (Å²) >= 11 is 3.65. The highest BCUT2D eigenvalue weighted by Crippen LogP contribution is 2.38. The lowest BCUT2D eigenvalue weighted by Gasteiger charge is -2.30. The summed E-state index contributed by atoms with van der Waals surface area (Å²) in [5, 5.41) is 3.61. The molecular formula is C18H28BrNO. The van der Waals surface area contributed by atoms with Crippen LogP contribution in [-0.2, 0) is 12.8 Å². The monoisotopic (exact) mass is 353 g/mol. The molecule has 3 heteroatoms. The fraction of sp³-hybridized carbons (Fsp3) is 0.667. The normalized spacial score (nSPS) is 16.4. The first-order valence-corrected chi connectivity index (χ1v) is 9.02. The van der Waals surface area contributed by atoms with Crippen molar-refractivity contribution in [2.24, 2.45) is 5.41 Å². The standard InChI is InChI=1S/C18H28BrNO/c1-4-7-18(3,13-20-8-5-2)12-15-11-16(19)10-14-6-9-21-17(14)15/h10-11,20H,4-9,12-13H2,1-3H3. The first-order chi connectivity index (χ1) is 10.1. The maximum absolute atomic E-state index is 5.89. The molecular weight excluding hydrogens is 326 g/mol. The van der Waals surface area contributed by atoms with E-state index in [1.165, 1.54) is 34.9 Å². The zero-order chi connectivity index (χ0) is 15.3. The van der Waals surface area contributed by atoms with Gasteiger partial charge >= 0.3 is 0 Å². The van der Waals surface area contributed by atoms with Gasteiger partial charge in [-0.15, -0.1) is 0 Å². The molecule has 0 aliphatic carbocycles. The Labute approximate surface area is 137 Å². The van der Waals surface area contributed by atoms with Gasteiger partial charge in [0.2, 0.25) is 0 Å². The van der Waals surface area contributed by atoms with Gasteiger partial charge < -0.3 is 10.1 Å². The number of benzene rings is 1. The van der Waals surface area contributed by atoms with Crippen LogP contribution in [0, 0.1) is 5.41 Å². The summed E-state index contributed by atoms with van der Waals surface area (Å²) in [6.45, 7) is 9.92. The van der Waals surface area contributed by atoms with Crippen molar-refractivity contribution < 1.29 is 4.74 Å². The van der Waals surface area contributed by atoms with Crippen molar-refractivity contribution in [1.82, 2.24) is 5.32 Å². The molecule has 2 rings (SSSR count). The van der Waals surface area contributed by atoms with E-state index in [2.05, 4.69) is 54.2 Å².